The molecule has 0 bridgehead atoms. The first-order chi connectivity index (χ1) is 17.4. The topological polar surface area (TPSA) is 104 Å². The Labute approximate surface area is 209 Å². The summed E-state index contributed by atoms with van der Waals surface area (Å²) >= 11 is 0. The van der Waals surface area contributed by atoms with Gasteiger partial charge in [-0.2, -0.15) is 10.2 Å². The van der Waals surface area contributed by atoms with Gasteiger partial charge >= 0.3 is 11.9 Å². The minimum absolute atomic E-state index is 0.417. The summed E-state index contributed by atoms with van der Waals surface area (Å²) in [6.45, 7) is 2.06. The summed E-state index contributed by atoms with van der Waals surface area (Å²) in [5.74, 6) is -2.10. The summed E-state index contributed by atoms with van der Waals surface area (Å²) in [6, 6.07) is 26.3. The molecular weight excluding hydrogens is 454 g/mol. The smallest absolute Gasteiger partial charge is 0.328 e. The molecule has 5 rings (SSSR count). The van der Waals surface area contributed by atoms with Gasteiger partial charge in [-0.15, -0.1) is 0 Å². The predicted molar refractivity (Wildman–Crippen MR) is 139 cm³/mol. The average molecular weight is 482 g/mol. The van der Waals surface area contributed by atoms with Crippen LogP contribution in [0.4, 0.5) is 0 Å². The normalized spacial score (nSPS) is 15.5. The lowest BCUT2D eigenvalue weighted by atomic mass is 9.85. The van der Waals surface area contributed by atoms with Crippen molar-refractivity contribution in [3.63, 3.8) is 0 Å². The standard InChI is InChI=1S/C25H23N3.C4H4O4/c1-28-14-12-24(20-9-8-18-5-2-3-6-19(18)15-20)23-11-10-21(16-22(23)17-28)25-7-4-13-26-27-25;5-3(6)1-2-4(7)8/h2-11,13,15-16,24H,12,14,17H2,1H3;1-2H,(H,5,6)(H,7,8)/b;2-1-. The molecule has 1 aliphatic heterocycles. The molecule has 0 saturated carbocycles. The van der Waals surface area contributed by atoms with Gasteiger partial charge in [-0.25, -0.2) is 9.59 Å². The molecule has 0 amide bonds. The van der Waals surface area contributed by atoms with Gasteiger partial charge in [0, 0.05) is 36.4 Å². The fourth-order valence-corrected chi connectivity index (χ4v) is 4.49. The number of aliphatic carboxylic acids is 2. The quantitative estimate of drug-likeness (QED) is 0.396. The van der Waals surface area contributed by atoms with Crippen LogP contribution in [0.5, 0.6) is 0 Å². The zero-order chi connectivity index (χ0) is 25.5. The number of carbonyl (C=O) groups is 2. The van der Waals surface area contributed by atoms with E-state index in [1.165, 1.54) is 27.5 Å². The van der Waals surface area contributed by atoms with Crippen molar-refractivity contribution < 1.29 is 19.8 Å². The van der Waals surface area contributed by atoms with Crippen LogP contribution in [-0.4, -0.2) is 50.8 Å². The summed E-state index contributed by atoms with van der Waals surface area (Å²) in [6.07, 6.45) is 3.97. The third kappa shape index (κ3) is 6.20. The van der Waals surface area contributed by atoms with Gasteiger partial charge in [-0.05, 0) is 65.7 Å². The molecule has 0 radical (unpaired) electrons. The number of fused-ring (bicyclic) bond motifs is 2. The minimum atomic E-state index is -1.26. The maximum Gasteiger partial charge on any atom is 0.328 e. The molecule has 4 aromatic rings. The van der Waals surface area contributed by atoms with Crippen LogP contribution in [0.3, 0.4) is 0 Å². The molecule has 0 spiro atoms. The van der Waals surface area contributed by atoms with Crippen molar-refractivity contribution >= 4 is 22.7 Å². The molecule has 2 N–H and O–H groups in total. The first-order valence-electron chi connectivity index (χ1n) is 11.6. The molecule has 1 unspecified atom stereocenters. The number of hydrogen-bond acceptors (Lipinski definition) is 5. The lowest BCUT2D eigenvalue weighted by Crippen LogP contribution is -2.17. The van der Waals surface area contributed by atoms with E-state index < -0.39 is 11.9 Å². The maximum absolute atomic E-state index is 9.55. The van der Waals surface area contributed by atoms with Gasteiger partial charge in [0.1, 0.15) is 0 Å². The van der Waals surface area contributed by atoms with Crippen LogP contribution < -0.4 is 0 Å². The van der Waals surface area contributed by atoms with Crippen LogP contribution in [0.15, 0.2) is 91.1 Å². The second-order valence-corrected chi connectivity index (χ2v) is 8.72. The van der Waals surface area contributed by atoms with Crippen molar-refractivity contribution in [2.45, 2.75) is 18.9 Å². The second-order valence-electron chi connectivity index (χ2n) is 8.72. The van der Waals surface area contributed by atoms with Crippen LogP contribution >= 0.6 is 0 Å². The molecule has 182 valence electrons. The van der Waals surface area contributed by atoms with Gasteiger partial charge in [-0.1, -0.05) is 54.6 Å². The number of carboxylic acids is 2. The number of hydrogen-bond donors (Lipinski definition) is 2. The molecule has 1 atom stereocenters. The van der Waals surface area contributed by atoms with Crippen molar-refractivity contribution in [3.05, 3.63) is 108 Å². The van der Waals surface area contributed by atoms with E-state index in [9.17, 15) is 9.59 Å². The van der Waals surface area contributed by atoms with Gasteiger partial charge in [0.15, 0.2) is 0 Å². The fraction of sp³-hybridized carbons (Fsp3) is 0.172. The Morgan fingerprint density at radius 3 is 2.36 bits per heavy atom. The summed E-state index contributed by atoms with van der Waals surface area (Å²) in [5, 5.41) is 26.6. The summed E-state index contributed by atoms with van der Waals surface area (Å²) < 4.78 is 0. The lowest BCUT2D eigenvalue weighted by molar-refractivity contribution is -0.134. The van der Waals surface area contributed by atoms with E-state index in [1.807, 2.05) is 12.1 Å². The number of rotatable bonds is 4. The molecule has 0 saturated heterocycles. The fourth-order valence-electron chi connectivity index (χ4n) is 4.49. The molecule has 7 nitrogen and oxygen atoms in total. The largest absolute Gasteiger partial charge is 0.478 e. The third-order valence-electron chi connectivity index (χ3n) is 6.17. The van der Waals surface area contributed by atoms with Crippen molar-refractivity contribution in [1.82, 2.24) is 15.1 Å². The van der Waals surface area contributed by atoms with E-state index in [2.05, 4.69) is 82.8 Å². The number of aromatic nitrogens is 2. The summed E-state index contributed by atoms with van der Waals surface area (Å²) in [4.78, 5) is 21.5. The Morgan fingerprint density at radius 2 is 1.67 bits per heavy atom. The van der Waals surface area contributed by atoms with Gasteiger partial charge in [0.2, 0.25) is 0 Å². The Hall–Kier alpha value is -4.36. The highest BCUT2D eigenvalue weighted by Crippen LogP contribution is 2.36. The maximum atomic E-state index is 9.55. The monoisotopic (exact) mass is 481 g/mol. The Balaban J connectivity index is 0.000000331. The Bertz CT molecular complexity index is 1390. The van der Waals surface area contributed by atoms with E-state index >= 15 is 0 Å². The van der Waals surface area contributed by atoms with Crippen molar-refractivity contribution in [3.8, 4) is 11.3 Å². The number of benzene rings is 3. The molecule has 3 aromatic carbocycles. The van der Waals surface area contributed by atoms with Crippen molar-refractivity contribution in [2.75, 3.05) is 13.6 Å². The molecule has 0 fully saturated rings. The van der Waals surface area contributed by atoms with Crippen LogP contribution in [0, 0.1) is 0 Å². The molecule has 1 aliphatic rings. The Kier molecular flexibility index (Phi) is 7.82. The minimum Gasteiger partial charge on any atom is -0.478 e. The highest BCUT2D eigenvalue weighted by molar-refractivity contribution is 5.89. The third-order valence-corrected chi connectivity index (χ3v) is 6.17. The number of carboxylic acid groups (broad SMARTS) is 2. The predicted octanol–water partition coefficient (Wildman–Crippen LogP) is 4.98. The zero-order valence-corrected chi connectivity index (χ0v) is 19.9. The molecule has 0 aliphatic carbocycles. The van der Waals surface area contributed by atoms with Crippen LogP contribution in [0.2, 0.25) is 0 Å². The van der Waals surface area contributed by atoms with Crippen molar-refractivity contribution in [1.29, 1.82) is 0 Å². The van der Waals surface area contributed by atoms with Gasteiger partial charge < -0.3 is 15.1 Å². The van der Waals surface area contributed by atoms with Crippen molar-refractivity contribution in [2.24, 2.45) is 0 Å². The molecule has 2 heterocycles. The van der Waals surface area contributed by atoms with Gasteiger partial charge in [0.05, 0.1) is 5.69 Å². The average Bonchev–Trinajstić information content (AvgIpc) is 3.05. The SMILES string of the molecule is CN1CCC(c2ccc3ccccc3c2)c2ccc(-c3cccnn3)cc2C1.O=C(O)/C=C\C(=O)O. The van der Waals surface area contributed by atoms with Gasteiger partial charge in [-0.3, -0.25) is 0 Å². The summed E-state index contributed by atoms with van der Waals surface area (Å²) in [7, 11) is 2.21. The summed E-state index contributed by atoms with van der Waals surface area (Å²) in [5.41, 5.74) is 6.30. The van der Waals surface area contributed by atoms with Gasteiger partial charge in [0.25, 0.3) is 0 Å². The van der Waals surface area contributed by atoms with Crippen LogP contribution in [-0.2, 0) is 16.1 Å². The second kappa shape index (κ2) is 11.4. The van der Waals surface area contributed by atoms with Crippen LogP contribution in [0.25, 0.3) is 22.0 Å². The van der Waals surface area contributed by atoms with E-state index in [0.717, 1.165) is 30.8 Å². The Morgan fingerprint density at radius 1 is 0.917 bits per heavy atom. The highest BCUT2D eigenvalue weighted by atomic mass is 16.4. The molecule has 7 heteroatoms. The first-order valence-corrected chi connectivity index (χ1v) is 11.6. The number of nitrogens with zero attached hydrogens (tertiary/aromatic N) is 3. The first kappa shape index (κ1) is 24.8. The molecule has 36 heavy (non-hydrogen) atoms. The highest BCUT2D eigenvalue weighted by Gasteiger charge is 2.23. The molecular formula is C29H27N3O4. The van der Waals surface area contributed by atoms with Crippen LogP contribution in [0.1, 0.15) is 29.0 Å². The molecule has 1 aromatic heterocycles. The van der Waals surface area contributed by atoms with E-state index in [0.29, 0.717) is 18.1 Å². The lowest BCUT2D eigenvalue weighted by Gasteiger charge is -2.19. The zero-order valence-electron chi connectivity index (χ0n) is 19.9. The van der Waals surface area contributed by atoms with E-state index in [1.54, 1.807) is 6.20 Å². The van der Waals surface area contributed by atoms with E-state index in [-0.39, 0.29) is 0 Å². The van der Waals surface area contributed by atoms with E-state index in [4.69, 9.17) is 10.2 Å².